The van der Waals surface area contributed by atoms with Crippen LogP contribution in [0.15, 0.2) is 29.6 Å². The molecule has 1 amide bonds. The Bertz CT molecular complexity index is 766. The van der Waals surface area contributed by atoms with Crippen LogP contribution in [-0.4, -0.2) is 56.1 Å². The van der Waals surface area contributed by atoms with Gasteiger partial charge in [0.15, 0.2) is 0 Å². The van der Waals surface area contributed by atoms with E-state index in [9.17, 15) is 9.59 Å². The highest BCUT2D eigenvalue weighted by Crippen LogP contribution is 2.25. The van der Waals surface area contributed by atoms with Gasteiger partial charge < -0.3 is 19.5 Å². The molecule has 146 valence electrons. The Balaban J connectivity index is 2.04. The van der Waals surface area contributed by atoms with Crippen LogP contribution in [0.2, 0.25) is 0 Å². The number of carbonyl (C=O) groups is 2. The molecule has 0 spiro atoms. The van der Waals surface area contributed by atoms with Crippen molar-refractivity contribution in [2.24, 2.45) is 0 Å². The number of carbonyl (C=O) groups excluding carboxylic acids is 2. The number of aromatic nitrogens is 1. The van der Waals surface area contributed by atoms with Gasteiger partial charge in [0.05, 0.1) is 26.9 Å². The highest BCUT2D eigenvalue weighted by Gasteiger charge is 2.22. The maximum Gasteiger partial charge on any atom is 0.329 e. The molecule has 2 aromatic rings. The molecule has 1 N–H and O–H groups in total. The number of nitrogens with one attached hydrogen (secondary N) is 1. The van der Waals surface area contributed by atoms with E-state index in [-0.39, 0.29) is 11.4 Å². The molecule has 1 heterocycles. The lowest BCUT2D eigenvalue weighted by molar-refractivity contribution is -0.142. The number of methoxy groups -OCH3 is 2. The summed E-state index contributed by atoms with van der Waals surface area (Å²) in [5.41, 5.74) is 2.14. The van der Waals surface area contributed by atoms with Gasteiger partial charge in [-0.15, -0.1) is 11.3 Å². The second-order valence-electron chi connectivity index (χ2n) is 5.52. The van der Waals surface area contributed by atoms with Gasteiger partial charge in [-0.25, -0.2) is 9.78 Å². The average molecular weight is 411 g/mol. The molecule has 2 rings (SSSR count). The molecule has 0 saturated heterocycles. The van der Waals surface area contributed by atoms with Gasteiger partial charge in [-0.05, 0) is 11.6 Å². The third-order valence-electron chi connectivity index (χ3n) is 3.58. The van der Waals surface area contributed by atoms with Crippen LogP contribution in [0.5, 0.6) is 0 Å². The fourth-order valence-electron chi connectivity index (χ4n) is 2.19. The fourth-order valence-corrected chi connectivity index (χ4v) is 3.23. The van der Waals surface area contributed by atoms with Crippen molar-refractivity contribution in [3.05, 3.63) is 40.9 Å². The monoisotopic (exact) mass is 410 g/mol. The summed E-state index contributed by atoms with van der Waals surface area (Å²) in [5.74, 6) is -0.850. The van der Waals surface area contributed by atoms with Crippen LogP contribution in [0.25, 0.3) is 10.6 Å². The van der Waals surface area contributed by atoms with Gasteiger partial charge in [-0.1, -0.05) is 18.2 Å². The first-order chi connectivity index (χ1) is 13.1. The maximum atomic E-state index is 12.3. The Morgan fingerprint density at radius 3 is 2.81 bits per heavy atom. The smallest absolute Gasteiger partial charge is 0.329 e. The lowest BCUT2D eigenvalue weighted by atomic mass is 10.1. The number of hydrogen-bond acceptors (Lipinski definition) is 8. The third-order valence-corrected chi connectivity index (χ3v) is 4.84. The van der Waals surface area contributed by atoms with Crippen LogP contribution in [-0.2, 0) is 25.6 Å². The number of thiazole rings is 1. The number of nitrogens with zero attached hydrogens (tertiary/aromatic N) is 1. The molecule has 0 aliphatic heterocycles. The van der Waals surface area contributed by atoms with E-state index in [1.165, 1.54) is 18.4 Å². The molecule has 0 bridgehead atoms. The Morgan fingerprint density at radius 1 is 1.30 bits per heavy atom. The van der Waals surface area contributed by atoms with Gasteiger partial charge in [0, 0.05) is 23.8 Å². The van der Waals surface area contributed by atoms with Gasteiger partial charge in [0.1, 0.15) is 16.7 Å². The van der Waals surface area contributed by atoms with E-state index in [2.05, 4.69) is 27.7 Å². The van der Waals surface area contributed by atoms with Crippen molar-refractivity contribution in [1.29, 1.82) is 0 Å². The van der Waals surface area contributed by atoms with Crippen LogP contribution >= 0.6 is 24.0 Å². The van der Waals surface area contributed by atoms with Crippen molar-refractivity contribution in [3.8, 4) is 10.6 Å². The fraction of sp³-hybridized carbons (Fsp3) is 0.389. The zero-order valence-corrected chi connectivity index (χ0v) is 16.8. The van der Waals surface area contributed by atoms with Gasteiger partial charge in [0.2, 0.25) is 0 Å². The number of rotatable bonds is 10. The molecule has 1 aromatic carbocycles. The molecular formula is C18H22N2O5S2. The summed E-state index contributed by atoms with van der Waals surface area (Å²) in [6.07, 6.45) is 0. The third kappa shape index (κ3) is 6.31. The van der Waals surface area contributed by atoms with Crippen LogP contribution in [0, 0.1) is 0 Å². The summed E-state index contributed by atoms with van der Waals surface area (Å²) in [7, 11) is 2.89. The molecule has 9 heteroatoms. The molecular weight excluding hydrogens is 388 g/mol. The zero-order valence-electron chi connectivity index (χ0n) is 15.1. The molecule has 1 aromatic heterocycles. The van der Waals surface area contributed by atoms with Crippen LogP contribution < -0.4 is 5.32 Å². The lowest BCUT2D eigenvalue weighted by Crippen LogP contribution is -2.43. The van der Waals surface area contributed by atoms with Gasteiger partial charge in [-0.3, -0.25) is 4.79 Å². The maximum absolute atomic E-state index is 12.3. The van der Waals surface area contributed by atoms with E-state index in [1.807, 2.05) is 24.3 Å². The molecule has 0 radical (unpaired) electrons. The van der Waals surface area contributed by atoms with Crippen molar-refractivity contribution in [2.75, 3.05) is 33.2 Å². The van der Waals surface area contributed by atoms with Crippen molar-refractivity contribution >= 4 is 35.8 Å². The molecule has 7 nitrogen and oxygen atoms in total. The number of ether oxygens (including phenoxy) is 3. The first-order valence-electron chi connectivity index (χ1n) is 8.20. The van der Waals surface area contributed by atoms with Crippen LogP contribution in [0.3, 0.4) is 0 Å². The number of esters is 1. The minimum Gasteiger partial charge on any atom is -0.467 e. The van der Waals surface area contributed by atoms with Crippen LogP contribution in [0.4, 0.5) is 0 Å². The van der Waals surface area contributed by atoms with Gasteiger partial charge in [-0.2, -0.15) is 12.6 Å². The molecule has 1 atom stereocenters. The summed E-state index contributed by atoms with van der Waals surface area (Å²) in [4.78, 5) is 28.3. The summed E-state index contributed by atoms with van der Waals surface area (Å²) in [6.45, 7) is 1.54. The van der Waals surface area contributed by atoms with E-state index in [0.29, 0.717) is 24.8 Å². The van der Waals surface area contributed by atoms with Crippen LogP contribution in [0.1, 0.15) is 16.1 Å². The Kier molecular flexibility index (Phi) is 8.73. The largest absolute Gasteiger partial charge is 0.467 e. The molecule has 0 aliphatic carbocycles. The van der Waals surface area contributed by atoms with Gasteiger partial charge in [0.25, 0.3) is 5.91 Å². The number of benzene rings is 1. The first kappa shape index (κ1) is 21.4. The topological polar surface area (TPSA) is 86.8 Å². The summed E-state index contributed by atoms with van der Waals surface area (Å²) >= 11 is 5.41. The van der Waals surface area contributed by atoms with Crippen molar-refractivity contribution in [2.45, 2.75) is 12.6 Å². The SMILES string of the molecule is COCCOCc1cccc(-c2nc(C(=O)NC(CS)C(=O)OC)cs2)c1. The van der Waals surface area contributed by atoms with E-state index < -0.39 is 17.9 Å². The van der Waals surface area contributed by atoms with E-state index >= 15 is 0 Å². The molecule has 1 unspecified atom stereocenters. The first-order valence-corrected chi connectivity index (χ1v) is 9.71. The number of thiol groups is 1. The predicted molar refractivity (Wildman–Crippen MR) is 106 cm³/mol. The van der Waals surface area contributed by atoms with E-state index in [0.717, 1.165) is 11.1 Å². The Morgan fingerprint density at radius 2 is 2.11 bits per heavy atom. The standard InChI is InChI=1S/C18H22N2O5S2/c1-23-6-7-25-9-12-4-3-5-13(8-12)17-20-15(11-27-17)16(21)19-14(10-26)18(22)24-2/h3-5,8,11,14,26H,6-7,9-10H2,1-2H3,(H,19,21). The molecule has 0 saturated carbocycles. The quantitative estimate of drug-likeness (QED) is 0.355. The van der Waals surface area contributed by atoms with Gasteiger partial charge >= 0.3 is 5.97 Å². The van der Waals surface area contributed by atoms with E-state index in [4.69, 9.17) is 9.47 Å². The minimum atomic E-state index is -0.816. The normalized spacial score (nSPS) is 11.8. The highest BCUT2D eigenvalue weighted by atomic mass is 32.1. The Hall–Kier alpha value is -1.94. The lowest BCUT2D eigenvalue weighted by Gasteiger charge is -2.12. The Labute approximate surface area is 167 Å². The average Bonchev–Trinajstić information content (AvgIpc) is 3.19. The summed E-state index contributed by atoms with van der Waals surface area (Å²) < 4.78 is 15.1. The van der Waals surface area contributed by atoms with Crippen molar-refractivity contribution in [1.82, 2.24) is 10.3 Å². The second kappa shape index (κ2) is 11.0. The minimum absolute atomic E-state index is 0.139. The van der Waals surface area contributed by atoms with Crippen molar-refractivity contribution in [3.63, 3.8) is 0 Å². The molecule has 0 fully saturated rings. The van der Waals surface area contributed by atoms with Crippen molar-refractivity contribution < 1.29 is 23.8 Å². The summed E-state index contributed by atoms with van der Waals surface area (Å²) in [5, 5.41) is 4.93. The highest BCUT2D eigenvalue weighted by molar-refractivity contribution is 7.80. The van der Waals surface area contributed by atoms with E-state index in [1.54, 1.807) is 12.5 Å². The molecule has 27 heavy (non-hydrogen) atoms. The molecule has 0 aliphatic rings. The number of amides is 1. The predicted octanol–water partition coefficient (Wildman–Crippen LogP) is 2.17. The second-order valence-corrected chi connectivity index (χ2v) is 6.74. The summed E-state index contributed by atoms with van der Waals surface area (Å²) in [6, 6.07) is 6.95. The zero-order chi connectivity index (χ0) is 19.6. The number of hydrogen-bond donors (Lipinski definition) is 2.